The second kappa shape index (κ2) is 2.09. The fourth-order valence-electron chi connectivity index (χ4n) is 1.39. The first-order chi connectivity index (χ1) is 4.88. The number of fused-ring (bicyclic) bond motifs is 1. The van der Waals surface area contributed by atoms with E-state index in [1.165, 1.54) is 0 Å². The van der Waals surface area contributed by atoms with E-state index in [0.717, 1.165) is 25.2 Å². The molecule has 0 saturated carbocycles. The van der Waals surface area contributed by atoms with Crippen LogP contribution in [0.5, 0.6) is 0 Å². The predicted molar refractivity (Wildman–Crippen MR) is 36.4 cm³/mol. The van der Waals surface area contributed by atoms with Crippen molar-refractivity contribution in [3.8, 4) is 0 Å². The van der Waals surface area contributed by atoms with Crippen molar-refractivity contribution in [2.24, 2.45) is 0 Å². The van der Waals surface area contributed by atoms with E-state index < -0.39 is 0 Å². The molecule has 0 saturated heterocycles. The molecule has 1 N–H and O–H groups in total. The summed E-state index contributed by atoms with van der Waals surface area (Å²) in [5, 5.41) is 9.37. The van der Waals surface area contributed by atoms with Crippen LogP contribution in [-0.4, -0.2) is 14.7 Å². The van der Waals surface area contributed by atoms with Crippen molar-refractivity contribution in [2.45, 2.75) is 25.5 Å². The van der Waals surface area contributed by atoms with E-state index in [1.807, 2.05) is 10.8 Å². The van der Waals surface area contributed by atoms with Gasteiger partial charge in [0.15, 0.2) is 0 Å². The van der Waals surface area contributed by atoms with Crippen molar-refractivity contribution < 1.29 is 5.11 Å². The molecule has 2 heterocycles. The van der Waals surface area contributed by atoms with Gasteiger partial charge in [-0.25, -0.2) is 4.98 Å². The Bertz CT molecular complexity index is 231. The quantitative estimate of drug-likeness (QED) is 0.573. The summed E-state index contributed by atoms with van der Waals surface area (Å²) in [6, 6.07) is 0. The van der Waals surface area contributed by atoms with E-state index in [1.54, 1.807) is 6.20 Å². The van der Waals surface area contributed by atoms with Gasteiger partial charge in [0.2, 0.25) is 0 Å². The summed E-state index contributed by atoms with van der Waals surface area (Å²) in [6.07, 6.45) is 5.24. The first kappa shape index (κ1) is 5.92. The molecule has 10 heavy (non-hydrogen) atoms. The van der Waals surface area contributed by atoms with Gasteiger partial charge in [0.1, 0.15) is 11.9 Å². The van der Waals surface area contributed by atoms with Crippen LogP contribution >= 0.6 is 0 Å². The van der Waals surface area contributed by atoms with E-state index in [9.17, 15) is 5.11 Å². The molecule has 3 nitrogen and oxygen atoms in total. The number of aliphatic hydroxyl groups is 1. The summed E-state index contributed by atoms with van der Waals surface area (Å²) in [5.41, 5.74) is 0. The molecule has 1 aromatic heterocycles. The summed E-state index contributed by atoms with van der Waals surface area (Å²) in [6.45, 7) is 1.01. The van der Waals surface area contributed by atoms with Crippen LogP contribution in [-0.2, 0) is 6.54 Å². The standard InChI is InChI=1S/C7H10N2O/c10-6-2-1-4-9-5-3-8-7(6)9/h3,5-6,10H,1-2,4H2. The number of aryl methyl sites for hydroxylation is 1. The Hall–Kier alpha value is -0.830. The van der Waals surface area contributed by atoms with Gasteiger partial charge in [-0.05, 0) is 12.8 Å². The Labute approximate surface area is 59.3 Å². The van der Waals surface area contributed by atoms with Crippen LogP contribution in [0.2, 0.25) is 0 Å². The minimum Gasteiger partial charge on any atom is -0.385 e. The number of nitrogens with zero attached hydrogens (tertiary/aromatic N) is 2. The van der Waals surface area contributed by atoms with Crippen LogP contribution < -0.4 is 0 Å². The molecular formula is C7H10N2O. The fourth-order valence-corrected chi connectivity index (χ4v) is 1.39. The Kier molecular flexibility index (Phi) is 1.24. The van der Waals surface area contributed by atoms with Gasteiger partial charge in [0.05, 0.1) is 0 Å². The SMILES string of the molecule is OC1CCCn2ccnc21. The summed E-state index contributed by atoms with van der Waals surface area (Å²) in [4.78, 5) is 4.05. The monoisotopic (exact) mass is 138 g/mol. The zero-order valence-electron chi connectivity index (χ0n) is 5.70. The van der Waals surface area contributed by atoms with Gasteiger partial charge in [0, 0.05) is 18.9 Å². The number of rotatable bonds is 0. The fraction of sp³-hybridized carbons (Fsp3) is 0.571. The molecular weight excluding hydrogens is 128 g/mol. The Morgan fingerprint density at radius 3 is 3.40 bits per heavy atom. The lowest BCUT2D eigenvalue weighted by molar-refractivity contribution is 0.134. The second-order valence-electron chi connectivity index (χ2n) is 2.64. The first-order valence-corrected chi connectivity index (χ1v) is 3.57. The van der Waals surface area contributed by atoms with Crippen molar-refractivity contribution in [1.29, 1.82) is 0 Å². The van der Waals surface area contributed by atoms with Crippen molar-refractivity contribution in [1.82, 2.24) is 9.55 Å². The van der Waals surface area contributed by atoms with Gasteiger partial charge in [-0.1, -0.05) is 0 Å². The highest BCUT2D eigenvalue weighted by molar-refractivity contribution is 4.98. The van der Waals surface area contributed by atoms with Gasteiger partial charge in [-0.3, -0.25) is 0 Å². The minimum atomic E-state index is -0.330. The molecule has 0 radical (unpaired) electrons. The first-order valence-electron chi connectivity index (χ1n) is 3.57. The number of aromatic nitrogens is 2. The van der Waals surface area contributed by atoms with Crippen LogP contribution in [0.1, 0.15) is 24.8 Å². The van der Waals surface area contributed by atoms with Crippen molar-refractivity contribution in [3.05, 3.63) is 18.2 Å². The zero-order chi connectivity index (χ0) is 6.97. The summed E-state index contributed by atoms with van der Waals surface area (Å²) < 4.78 is 2.01. The van der Waals surface area contributed by atoms with E-state index in [2.05, 4.69) is 4.98 Å². The van der Waals surface area contributed by atoms with E-state index >= 15 is 0 Å². The highest BCUT2D eigenvalue weighted by atomic mass is 16.3. The molecule has 0 spiro atoms. The molecule has 2 rings (SSSR count). The number of hydrogen-bond donors (Lipinski definition) is 1. The van der Waals surface area contributed by atoms with Gasteiger partial charge < -0.3 is 9.67 Å². The van der Waals surface area contributed by atoms with Gasteiger partial charge in [0.25, 0.3) is 0 Å². The molecule has 1 aliphatic rings. The van der Waals surface area contributed by atoms with Crippen molar-refractivity contribution in [2.75, 3.05) is 0 Å². The summed E-state index contributed by atoms with van der Waals surface area (Å²) >= 11 is 0. The molecule has 0 aromatic carbocycles. The Balaban J connectivity index is 2.41. The maximum absolute atomic E-state index is 9.37. The summed E-state index contributed by atoms with van der Waals surface area (Å²) in [7, 11) is 0. The van der Waals surface area contributed by atoms with Crippen molar-refractivity contribution >= 4 is 0 Å². The van der Waals surface area contributed by atoms with Crippen molar-refractivity contribution in [3.63, 3.8) is 0 Å². The Morgan fingerprint density at radius 1 is 1.70 bits per heavy atom. The van der Waals surface area contributed by atoms with Crippen LogP contribution in [0, 0.1) is 0 Å². The maximum Gasteiger partial charge on any atom is 0.137 e. The average molecular weight is 138 g/mol. The average Bonchev–Trinajstić information content (AvgIpc) is 2.36. The molecule has 0 bridgehead atoms. The molecule has 1 unspecified atom stereocenters. The number of imidazole rings is 1. The van der Waals surface area contributed by atoms with E-state index in [4.69, 9.17) is 0 Å². The smallest absolute Gasteiger partial charge is 0.137 e. The highest BCUT2D eigenvalue weighted by Crippen LogP contribution is 2.21. The molecule has 1 aliphatic heterocycles. The lowest BCUT2D eigenvalue weighted by Crippen LogP contribution is -2.14. The van der Waals surface area contributed by atoms with Gasteiger partial charge in [-0.15, -0.1) is 0 Å². The zero-order valence-corrected chi connectivity index (χ0v) is 5.70. The molecule has 1 aromatic rings. The number of hydrogen-bond acceptors (Lipinski definition) is 2. The van der Waals surface area contributed by atoms with Crippen LogP contribution in [0.15, 0.2) is 12.4 Å². The molecule has 54 valence electrons. The third-order valence-electron chi connectivity index (χ3n) is 1.92. The van der Waals surface area contributed by atoms with Gasteiger partial charge >= 0.3 is 0 Å². The highest BCUT2D eigenvalue weighted by Gasteiger charge is 2.17. The van der Waals surface area contributed by atoms with E-state index in [0.29, 0.717) is 0 Å². The summed E-state index contributed by atoms with van der Waals surface area (Å²) in [5.74, 6) is 0.825. The second-order valence-corrected chi connectivity index (χ2v) is 2.64. The van der Waals surface area contributed by atoms with Crippen LogP contribution in [0.4, 0.5) is 0 Å². The molecule has 0 amide bonds. The normalized spacial score (nSPS) is 24.3. The van der Waals surface area contributed by atoms with Crippen LogP contribution in [0.3, 0.4) is 0 Å². The molecule has 3 heteroatoms. The topological polar surface area (TPSA) is 38.0 Å². The maximum atomic E-state index is 9.37. The lowest BCUT2D eigenvalue weighted by atomic mass is 10.1. The largest absolute Gasteiger partial charge is 0.385 e. The molecule has 0 fully saturated rings. The Morgan fingerprint density at radius 2 is 2.60 bits per heavy atom. The van der Waals surface area contributed by atoms with E-state index in [-0.39, 0.29) is 6.10 Å². The predicted octanol–water partition coefficient (Wildman–Crippen LogP) is 0.710. The molecule has 1 atom stereocenters. The lowest BCUT2D eigenvalue weighted by Gasteiger charge is -2.18. The third kappa shape index (κ3) is 0.743. The van der Waals surface area contributed by atoms with Crippen LogP contribution in [0.25, 0.3) is 0 Å². The van der Waals surface area contributed by atoms with Gasteiger partial charge in [-0.2, -0.15) is 0 Å². The number of aliphatic hydroxyl groups excluding tert-OH is 1. The third-order valence-corrected chi connectivity index (χ3v) is 1.92. The molecule has 0 aliphatic carbocycles. The minimum absolute atomic E-state index is 0.330.